The van der Waals surface area contributed by atoms with Gasteiger partial charge in [-0.15, -0.1) is 0 Å². The van der Waals surface area contributed by atoms with Crippen LogP contribution in [0.5, 0.6) is 0 Å². The Hall–Kier alpha value is -2.59. The van der Waals surface area contributed by atoms with Gasteiger partial charge in [0.1, 0.15) is 0 Å². The number of methoxy groups -OCH3 is 1. The highest BCUT2D eigenvalue weighted by Gasteiger charge is 2.27. The van der Waals surface area contributed by atoms with Crippen molar-refractivity contribution >= 4 is 29.1 Å². The molecule has 0 aromatic heterocycles. The van der Waals surface area contributed by atoms with Crippen LogP contribution in [0.15, 0.2) is 42.5 Å². The van der Waals surface area contributed by atoms with E-state index < -0.39 is 11.9 Å². The SMILES string of the molecule is COC(=O)c1ccc2c(c1)/C(=C/C(=O)O)c1cccc(Cl)c1-2. The van der Waals surface area contributed by atoms with Crippen LogP contribution in [0.2, 0.25) is 5.02 Å². The molecular formula is C17H11ClO4. The van der Waals surface area contributed by atoms with Crippen LogP contribution in [0.4, 0.5) is 0 Å². The number of halogens is 1. The molecule has 1 aliphatic carbocycles. The second kappa shape index (κ2) is 5.31. The highest BCUT2D eigenvalue weighted by Crippen LogP contribution is 2.47. The molecule has 0 radical (unpaired) electrons. The average molecular weight is 315 g/mol. The molecule has 0 unspecified atom stereocenters. The summed E-state index contributed by atoms with van der Waals surface area (Å²) in [5.74, 6) is -1.53. The number of benzene rings is 2. The summed E-state index contributed by atoms with van der Waals surface area (Å²) in [7, 11) is 1.30. The number of rotatable bonds is 2. The number of carboxylic acids is 1. The zero-order valence-corrected chi connectivity index (χ0v) is 12.3. The van der Waals surface area contributed by atoms with E-state index in [4.69, 9.17) is 21.4 Å². The maximum Gasteiger partial charge on any atom is 0.337 e. The topological polar surface area (TPSA) is 63.6 Å². The lowest BCUT2D eigenvalue weighted by molar-refractivity contribution is -0.131. The minimum Gasteiger partial charge on any atom is -0.478 e. The van der Waals surface area contributed by atoms with Crippen molar-refractivity contribution < 1.29 is 19.4 Å². The Kier molecular flexibility index (Phi) is 3.47. The lowest BCUT2D eigenvalue weighted by atomic mass is 10.0. The molecule has 2 aromatic rings. The number of carboxylic acid groups (broad SMARTS) is 1. The van der Waals surface area contributed by atoms with E-state index in [-0.39, 0.29) is 0 Å². The zero-order valence-electron chi connectivity index (χ0n) is 11.6. The van der Waals surface area contributed by atoms with Gasteiger partial charge in [-0.25, -0.2) is 9.59 Å². The molecule has 22 heavy (non-hydrogen) atoms. The fourth-order valence-corrected chi connectivity index (χ4v) is 2.95. The van der Waals surface area contributed by atoms with Gasteiger partial charge in [0.25, 0.3) is 0 Å². The maximum absolute atomic E-state index is 11.7. The first-order valence-corrected chi connectivity index (χ1v) is 6.87. The zero-order chi connectivity index (χ0) is 15.9. The molecule has 0 bridgehead atoms. The summed E-state index contributed by atoms with van der Waals surface area (Å²) in [5, 5.41) is 9.66. The Labute approximate surface area is 131 Å². The van der Waals surface area contributed by atoms with Crippen molar-refractivity contribution in [1.82, 2.24) is 0 Å². The molecule has 110 valence electrons. The average Bonchev–Trinajstić information content (AvgIpc) is 2.81. The molecule has 4 nitrogen and oxygen atoms in total. The van der Waals surface area contributed by atoms with Crippen LogP contribution < -0.4 is 0 Å². The molecule has 5 heteroatoms. The monoisotopic (exact) mass is 314 g/mol. The number of esters is 1. The van der Waals surface area contributed by atoms with E-state index in [0.717, 1.165) is 22.8 Å². The molecule has 1 aliphatic rings. The third-order valence-electron chi connectivity index (χ3n) is 3.57. The van der Waals surface area contributed by atoms with Gasteiger partial charge in [0, 0.05) is 16.7 Å². The minimum absolute atomic E-state index is 0.362. The second-order valence-corrected chi connectivity index (χ2v) is 5.22. The molecule has 0 heterocycles. The van der Waals surface area contributed by atoms with Crippen LogP contribution in [0, 0.1) is 0 Å². The number of hydrogen-bond acceptors (Lipinski definition) is 3. The van der Waals surface area contributed by atoms with Gasteiger partial charge in [-0.05, 0) is 40.5 Å². The lowest BCUT2D eigenvalue weighted by Crippen LogP contribution is -2.01. The Morgan fingerprint density at radius 1 is 1.14 bits per heavy atom. The van der Waals surface area contributed by atoms with Crippen molar-refractivity contribution in [2.45, 2.75) is 0 Å². The normalized spacial score (nSPS) is 13.6. The van der Waals surface area contributed by atoms with Crippen molar-refractivity contribution in [3.8, 4) is 11.1 Å². The first-order chi connectivity index (χ1) is 10.5. The number of ether oxygens (including phenoxy) is 1. The largest absolute Gasteiger partial charge is 0.478 e. The van der Waals surface area contributed by atoms with Gasteiger partial charge >= 0.3 is 11.9 Å². The van der Waals surface area contributed by atoms with Gasteiger partial charge in [0.2, 0.25) is 0 Å². The highest BCUT2D eigenvalue weighted by molar-refractivity contribution is 6.34. The molecule has 0 saturated carbocycles. The summed E-state index contributed by atoms with van der Waals surface area (Å²) in [5.41, 5.74) is 3.89. The van der Waals surface area contributed by atoms with Crippen LogP contribution in [0.1, 0.15) is 21.5 Å². The Morgan fingerprint density at radius 3 is 2.59 bits per heavy atom. The molecule has 2 aromatic carbocycles. The Balaban J connectivity index is 2.30. The van der Waals surface area contributed by atoms with Crippen molar-refractivity contribution in [2.24, 2.45) is 0 Å². The highest BCUT2D eigenvalue weighted by atomic mass is 35.5. The van der Waals surface area contributed by atoms with E-state index in [1.807, 2.05) is 6.07 Å². The van der Waals surface area contributed by atoms with E-state index in [0.29, 0.717) is 21.7 Å². The number of fused-ring (bicyclic) bond motifs is 3. The summed E-state index contributed by atoms with van der Waals surface area (Å²) in [6, 6.07) is 10.4. The van der Waals surface area contributed by atoms with Gasteiger partial charge < -0.3 is 9.84 Å². The van der Waals surface area contributed by atoms with Gasteiger partial charge in [-0.2, -0.15) is 0 Å². The Bertz CT molecular complexity index is 837. The summed E-state index contributed by atoms with van der Waals surface area (Å²) >= 11 is 6.26. The van der Waals surface area contributed by atoms with E-state index in [1.54, 1.807) is 30.3 Å². The maximum atomic E-state index is 11.7. The third kappa shape index (κ3) is 2.18. The summed E-state index contributed by atoms with van der Waals surface area (Å²) in [6.07, 6.45) is 1.13. The molecule has 0 spiro atoms. The van der Waals surface area contributed by atoms with Crippen molar-refractivity contribution in [1.29, 1.82) is 0 Å². The summed E-state index contributed by atoms with van der Waals surface area (Å²) in [6.45, 7) is 0. The predicted molar refractivity (Wildman–Crippen MR) is 82.9 cm³/mol. The fourth-order valence-electron chi connectivity index (χ4n) is 2.68. The van der Waals surface area contributed by atoms with Gasteiger partial charge in [0.05, 0.1) is 12.7 Å². The molecule has 1 N–H and O–H groups in total. The lowest BCUT2D eigenvalue weighted by Gasteiger charge is -2.05. The van der Waals surface area contributed by atoms with Crippen LogP contribution in [-0.4, -0.2) is 24.2 Å². The predicted octanol–water partition coefficient (Wildman–Crippen LogP) is 3.62. The van der Waals surface area contributed by atoms with E-state index in [9.17, 15) is 9.59 Å². The first kappa shape index (κ1) is 14.4. The Morgan fingerprint density at radius 2 is 1.91 bits per heavy atom. The molecule has 0 atom stereocenters. The number of hydrogen-bond donors (Lipinski definition) is 1. The second-order valence-electron chi connectivity index (χ2n) is 4.81. The van der Waals surface area contributed by atoms with E-state index in [1.165, 1.54) is 7.11 Å². The number of aliphatic carboxylic acids is 1. The van der Waals surface area contributed by atoms with Gasteiger partial charge in [-0.1, -0.05) is 29.8 Å². The third-order valence-corrected chi connectivity index (χ3v) is 3.89. The molecule has 0 saturated heterocycles. The van der Waals surface area contributed by atoms with Crippen molar-refractivity contribution in [3.63, 3.8) is 0 Å². The fraction of sp³-hybridized carbons (Fsp3) is 0.0588. The molecular weight excluding hydrogens is 304 g/mol. The molecule has 3 rings (SSSR count). The minimum atomic E-state index is -1.06. The van der Waals surface area contributed by atoms with Crippen molar-refractivity contribution in [2.75, 3.05) is 7.11 Å². The first-order valence-electron chi connectivity index (χ1n) is 6.49. The quantitative estimate of drug-likeness (QED) is 0.579. The van der Waals surface area contributed by atoms with Crippen LogP contribution in [0.25, 0.3) is 16.7 Å². The van der Waals surface area contributed by atoms with Crippen molar-refractivity contribution in [3.05, 3.63) is 64.2 Å². The smallest absolute Gasteiger partial charge is 0.337 e. The number of carbonyl (C=O) groups excluding carboxylic acids is 1. The van der Waals surface area contributed by atoms with Gasteiger partial charge in [-0.3, -0.25) is 0 Å². The number of carbonyl (C=O) groups is 2. The van der Waals surface area contributed by atoms with E-state index >= 15 is 0 Å². The summed E-state index contributed by atoms with van der Waals surface area (Å²) in [4.78, 5) is 22.8. The van der Waals surface area contributed by atoms with Gasteiger partial charge in [0.15, 0.2) is 0 Å². The van der Waals surface area contributed by atoms with Crippen LogP contribution in [-0.2, 0) is 9.53 Å². The standard InChI is InChI=1S/C17H11ClO4/c1-22-17(21)9-5-6-11-12(7-9)13(8-15(19)20)10-3-2-4-14(18)16(10)11/h2-8H,1H3,(H,19,20)/b13-8+. The molecule has 0 fully saturated rings. The molecule has 0 aliphatic heterocycles. The van der Waals surface area contributed by atoms with Crippen LogP contribution in [0.3, 0.4) is 0 Å². The van der Waals surface area contributed by atoms with Crippen LogP contribution >= 0.6 is 11.6 Å². The summed E-state index contributed by atoms with van der Waals surface area (Å²) < 4.78 is 4.71. The molecule has 0 amide bonds. The van der Waals surface area contributed by atoms with E-state index in [2.05, 4.69) is 0 Å².